The van der Waals surface area contributed by atoms with Gasteiger partial charge in [-0.15, -0.1) is 0 Å². The second-order valence-electron chi connectivity index (χ2n) is 6.23. The van der Waals surface area contributed by atoms with Crippen LogP contribution in [0.5, 0.6) is 0 Å². The molecule has 0 radical (unpaired) electrons. The summed E-state index contributed by atoms with van der Waals surface area (Å²) >= 11 is 0. The van der Waals surface area contributed by atoms with Crippen molar-refractivity contribution in [3.05, 3.63) is 64.5 Å². The van der Waals surface area contributed by atoms with E-state index >= 15 is 0 Å². The van der Waals surface area contributed by atoms with E-state index in [4.69, 9.17) is 5.11 Å². The lowest BCUT2D eigenvalue weighted by Gasteiger charge is -2.19. The summed E-state index contributed by atoms with van der Waals surface area (Å²) in [6.07, 6.45) is 2.60. The average Bonchev–Trinajstić information content (AvgIpc) is 3.46. The van der Waals surface area contributed by atoms with E-state index < -0.39 is 18.0 Å². The van der Waals surface area contributed by atoms with Gasteiger partial charge < -0.3 is 10.2 Å². The Hall–Kier alpha value is -3.06. The molecule has 0 saturated heterocycles. The Kier molecular flexibility index (Phi) is 5.09. The van der Waals surface area contributed by atoms with Crippen LogP contribution in [0.1, 0.15) is 57.6 Å². The molecule has 2 amide bonds. The number of nitrogens with one attached hydrogen (secondary N) is 1. The van der Waals surface area contributed by atoms with Crippen molar-refractivity contribution < 1.29 is 24.6 Å². The van der Waals surface area contributed by atoms with Gasteiger partial charge in [0.1, 0.15) is 6.10 Å². The number of nitrogens with zero attached hydrogens (tertiary/aromatic N) is 1. The SMILES string of the molecule is O=CNC(=O)Cc1nccc(C2CC2)c1C(O)c1cccc(C(=O)O)c1. The number of carboxylic acid groups (broad SMARTS) is 1. The third-order valence-electron chi connectivity index (χ3n) is 4.39. The van der Waals surface area contributed by atoms with Gasteiger partial charge in [-0.2, -0.15) is 0 Å². The van der Waals surface area contributed by atoms with Gasteiger partial charge in [0.15, 0.2) is 0 Å². The fraction of sp³-hybridized carbons (Fsp3) is 0.263. The Bertz CT molecular complexity index is 861. The molecule has 26 heavy (non-hydrogen) atoms. The number of hydrogen-bond acceptors (Lipinski definition) is 5. The highest BCUT2D eigenvalue weighted by Gasteiger charge is 2.31. The van der Waals surface area contributed by atoms with Crippen molar-refractivity contribution in [2.45, 2.75) is 31.3 Å². The molecule has 1 fully saturated rings. The van der Waals surface area contributed by atoms with Crippen molar-refractivity contribution in [3.8, 4) is 0 Å². The van der Waals surface area contributed by atoms with Gasteiger partial charge in [0.25, 0.3) is 0 Å². The zero-order chi connectivity index (χ0) is 18.7. The lowest BCUT2D eigenvalue weighted by Crippen LogP contribution is -2.25. The summed E-state index contributed by atoms with van der Waals surface area (Å²) in [5.41, 5.74) is 2.28. The van der Waals surface area contributed by atoms with Crippen molar-refractivity contribution in [2.24, 2.45) is 0 Å². The molecule has 1 atom stereocenters. The third kappa shape index (κ3) is 3.78. The Morgan fingerprint density at radius 2 is 2.08 bits per heavy atom. The van der Waals surface area contributed by atoms with Crippen molar-refractivity contribution >= 4 is 18.3 Å². The maximum Gasteiger partial charge on any atom is 0.335 e. The number of hydrogen-bond donors (Lipinski definition) is 3. The number of carbonyl (C=O) groups is 3. The van der Waals surface area contributed by atoms with Gasteiger partial charge in [0, 0.05) is 11.8 Å². The molecule has 7 nitrogen and oxygen atoms in total. The lowest BCUT2D eigenvalue weighted by atomic mass is 9.91. The van der Waals surface area contributed by atoms with Crippen LogP contribution in [0.15, 0.2) is 36.5 Å². The molecule has 1 aromatic heterocycles. The fourth-order valence-corrected chi connectivity index (χ4v) is 3.02. The van der Waals surface area contributed by atoms with Crippen LogP contribution in [-0.2, 0) is 16.0 Å². The Morgan fingerprint density at radius 3 is 2.73 bits per heavy atom. The van der Waals surface area contributed by atoms with Crippen molar-refractivity contribution in [1.29, 1.82) is 0 Å². The molecule has 1 heterocycles. The van der Waals surface area contributed by atoms with Crippen LogP contribution < -0.4 is 5.32 Å². The molecule has 2 aromatic rings. The predicted molar refractivity (Wildman–Crippen MR) is 91.6 cm³/mol. The summed E-state index contributed by atoms with van der Waals surface area (Å²) in [5, 5.41) is 22.2. The first-order valence-electron chi connectivity index (χ1n) is 8.23. The maximum absolute atomic E-state index is 11.8. The molecule has 1 aromatic carbocycles. The van der Waals surface area contributed by atoms with Crippen LogP contribution in [-0.4, -0.2) is 33.5 Å². The molecule has 3 rings (SSSR count). The zero-order valence-electron chi connectivity index (χ0n) is 13.9. The molecule has 1 aliphatic rings. The number of carboxylic acids is 1. The van der Waals surface area contributed by atoms with E-state index in [1.165, 1.54) is 12.1 Å². The van der Waals surface area contributed by atoms with E-state index in [-0.39, 0.29) is 17.9 Å². The monoisotopic (exact) mass is 354 g/mol. The second-order valence-corrected chi connectivity index (χ2v) is 6.23. The third-order valence-corrected chi connectivity index (χ3v) is 4.39. The lowest BCUT2D eigenvalue weighted by molar-refractivity contribution is -0.124. The van der Waals surface area contributed by atoms with Gasteiger partial charge in [-0.25, -0.2) is 4.79 Å². The molecule has 3 N–H and O–H groups in total. The minimum Gasteiger partial charge on any atom is -0.478 e. The first kappa shape index (κ1) is 17.8. The van der Waals surface area contributed by atoms with Crippen molar-refractivity contribution in [3.63, 3.8) is 0 Å². The Morgan fingerprint density at radius 1 is 1.31 bits per heavy atom. The van der Waals surface area contributed by atoms with E-state index in [1.807, 2.05) is 6.07 Å². The van der Waals surface area contributed by atoms with Crippen LogP contribution in [0.2, 0.25) is 0 Å². The molecule has 0 aliphatic heterocycles. The summed E-state index contributed by atoms with van der Waals surface area (Å²) in [7, 11) is 0. The zero-order valence-corrected chi connectivity index (χ0v) is 13.9. The van der Waals surface area contributed by atoms with Crippen LogP contribution in [0.3, 0.4) is 0 Å². The van der Waals surface area contributed by atoms with Gasteiger partial charge in [-0.3, -0.25) is 19.9 Å². The van der Waals surface area contributed by atoms with Crippen molar-refractivity contribution in [2.75, 3.05) is 0 Å². The van der Waals surface area contributed by atoms with Gasteiger partial charge in [-0.05, 0) is 48.1 Å². The number of benzene rings is 1. The summed E-state index contributed by atoms with van der Waals surface area (Å²) in [6.45, 7) is 0. The minimum atomic E-state index is -1.11. The van der Waals surface area contributed by atoms with Gasteiger partial charge in [0.2, 0.25) is 12.3 Å². The van der Waals surface area contributed by atoms with E-state index in [9.17, 15) is 19.5 Å². The molecule has 134 valence electrons. The normalized spacial score (nSPS) is 14.5. The summed E-state index contributed by atoms with van der Waals surface area (Å²) in [6, 6.07) is 7.87. The standard InChI is InChI=1S/C19H18N2O5/c22-10-21-16(23)9-15-17(14(6-7-20-15)11-4-5-11)18(24)12-2-1-3-13(8-12)19(25)26/h1-3,6-8,10-11,18,24H,4-5,9H2,(H,25,26)(H,21,22,23). The Balaban J connectivity index is 2.03. The summed E-state index contributed by atoms with van der Waals surface area (Å²) < 4.78 is 0. The highest BCUT2D eigenvalue weighted by molar-refractivity contribution is 5.88. The van der Waals surface area contributed by atoms with E-state index in [0.29, 0.717) is 23.2 Å². The highest BCUT2D eigenvalue weighted by atomic mass is 16.4. The quantitative estimate of drug-likeness (QED) is 0.650. The number of rotatable bonds is 7. The van der Waals surface area contributed by atoms with Gasteiger partial charge >= 0.3 is 5.97 Å². The maximum atomic E-state index is 11.8. The Labute approximate surface area is 149 Å². The molecule has 7 heteroatoms. The fourth-order valence-electron chi connectivity index (χ4n) is 3.02. The van der Waals surface area contributed by atoms with Crippen LogP contribution in [0.25, 0.3) is 0 Å². The molecule has 0 spiro atoms. The minimum absolute atomic E-state index is 0.0682. The molecule has 0 bridgehead atoms. The molecule has 1 aliphatic carbocycles. The van der Waals surface area contributed by atoms with Crippen LogP contribution in [0.4, 0.5) is 0 Å². The second kappa shape index (κ2) is 7.45. The molecule has 1 unspecified atom stereocenters. The topological polar surface area (TPSA) is 117 Å². The van der Waals surface area contributed by atoms with Gasteiger partial charge in [-0.1, -0.05) is 12.1 Å². The number of aliphatic hydroxyl groups excluding tert-OH is 1. The number of pyridine rings is 1. The number of imide groups is 1. The number of aromatic nitrogens is 1. The predicted octanol–water partition coefficient (Wildman–Crippen LogP) is 1.55. The average molecular weight is 354 g/mol. The number of aromatic carboxylic acids is 1. The smallest absolute Gasteiger partial charge is 0.335 e. The summed E-state index contributed by atoms with van der Waals surface area (Å²) in [5.74, 6) is -1.32. The number of carbonyl (C=O) groups excluding carboxylic acids is 2. The van der Waals surface area contributed by atoms with Crippen LogP contribution >= 0.6 is 0 Å². The van der Waals surface area contributed by atoms with Crippen LogP contribution in [0, 0.1) is 0 Å². The first-order valence-corrected chi connectivity index (χ1v) is 8.23. The first-order chi connectivity index (χ1) is 12.5. The number of aliphatic hydroxyl groups is 1. The molecular formula is C19H18N2O5. The highest BCUT2D eigenvalue weighted by Crippen LogP contribution is 2.44. The number of amides is 2. The molecular weight excluding hydrogens is 336 g/mol. The van der Waals surface area contributed by atoms with E-state index in [1.54, 1.807) is 18.3 Å². The van der Waals surface area contributed by atoms with Crippen molar-refractivity contribution in [1.82, 2.24) is 10.3 Å². The van der Waals surface area contributed by atoms with E-state index in [2.05, 4.69) is 10.3 Å². The largest absolute Gasteiger partial charge is 0.478 e. The molecule has 1 saturated carbocycles. The summed E-state index contributed by atoms with van der Waals surface area (Å²) in [4.78, 5) is 37.7. The van der Waals surface area contributed by atoms with Gasteiger partial charge in [0.05, 0.1) is 17.7 Å². The van der Waals surface area contributed by atoms with E-state index in [0.717, 1.165) is 18.4 Å².